The van der Waals surface area contributed by atoms with Crippen molar-refractivity contribution < 1.29 is 15.0 Å². The smallest absolute Gasteiger partial charge is 0.310 e. The maximum Gasteiger partial charge on any atom is 0.310 e. The van der Waals surface area contributed by atoms with Crippen molar-refractivity contribution in [3.63, 3.8) is 0 Å². The summed E-state index contributed by atoms with van der Waals surface area (Å²) in [6.45, 7) is 17.0. The number of hydrogen-bond acceptors (Lipinski definition) is 2. The predicted octanol–water partition coefficient (Wildman–Crippen LogP) is 7.09. The van der Waals surface area contributed by atoms with E-state index in [2.05, 4.69) is 54.5 Å². The lowest BCUT2D eigenvalue weighted by molar-refractivity contribution is -0.206. The minimum Gasteiger partial charge on any atom is -0.481 e. The molecule has 33 heavy (non-hydrogen) atoms. The molecule has 0 spiro atoms. The lowest BCUT2D eigenvalue weighted by atomic mass is 9.33. The molecule has 4 fully saturated rings. The van der Waals surface area contributed by atoms with Gasteiger partial charge in [-0.1, -0.05) is 60.1 Å². The van der Waals surface area contributed by atoms with Crippen molar-refractivity contribution in [2.45, 2.75) is 112 Å². The third kappa shape index (κ3) is 2.75. The Morgan fingerprint density at radius 2 is 1.61 bits per heavy atom. The van der Waals surface area contributed by atoms with Gasteiger partial charge in [-0.15, -0.1) is 0 Å². The molecular weight excluding hydrogens is 408 g/mol. The van der Waals surface area contributed by atoms with Gasteiger partial charge in [-0.2, -0.15) is 0 Å². The average molecular weight is 457 g/mol. The molecule has 0 aromatic carbocycles. The minimum absolute atomic E-state index is 0.0302. The van der Waals surface area contributed by atoms with E-state index < -0.39 is 11.4 Å². The standard InChI is InChI=1S/C30H48O3/c1-18-10-15-30(25(32)33)17-16-28(6)20(24(30)19(18)2)8-9-22-27(5)13-12-23(31)26(3,4)21(27)11-14-29(22,28)7/h8,18-19,21-24,31H,9-17H2,1-7H3,(H,32,33)/t18-,19+,21+,22+,23-,24-,27-,28+,29+,30-/m0/s1. The van der Waals surface area contributed by atoms with Gasteiger partial charge in [0.25, 0.3) is 0 Å². The van der Waals surface area contributed by atoms with E-state index >= 15 is 0 Å². The average Bonchev–Trinajstić information content (AvgIpc) is 2.74. The van der Waals surface area contributed by atoms with Gasteiger partial charge in [0.05, 0.1) is 11.5 Å². The van der Waals surface area contributed by atoms with E-state index in [9.17, 15) is 15.0 Å². The van der Waals surface area contributed by atoms with Crippen LogP contribution in [0.1, 0.15) is 106 Å². The molecule has 0 radical (unpaired) electrons. The lowest BCUT2D eigenvalue weighted by Gasteiger charge is -2.71. The van der Waals surface area contributed by atoms with E-state index in [-0.39, 0.29) is 33.7 Å². The summed E-state index contributed by atoms with van der Waals surface area (Å²) in [5.74, 6) is 1.82. The van der Waals surface area contributed by atoms with E-state index in [1.807, 2.05) is 0 Å². The van der Waals surface area contributed by atoms with Crippen LogP contribution in [0.4, 0.5) is 0 Å². The first-order valence-electron chi connectivity index (χ1n) is 13.9. The summed E-state index contributed by atoms with van der Waals surface area (Å²) in [6, 6.07) is 0. The zero-order valence-electron chi connectivity index (χ0n) is 22.2. The predicted molar refractivity (Wildman–Crippen MR) is 133 cm³/mol. The van der Waals surface area contributed by atoms with Gasteiger partial charge in [-0.25, -0.2) is 0 Å². The number of carboxylic acids is 1. The van der Waals surface area contributed by atoms with Crippen molar-refractivity contribution in [2.75, 3.05) is 0 Å². The lowest BCUT2D eigenvalue weighted by Crippen LogP contribution is -2.65. The molecule has 0 heterocycles. The van der Waals surface area contributed by atoms with Crippen molar-refractivity contribution in [1.82, 2.24) is 0 Å². The van der Waals surface area contributed by atoms with Crippen molar-refractivity contribution in [1.29, 1.82) is 0 Å². The summed E-state index contributed by atoms with van der Waals surface area (Å²) >= 11 is 0. The maximum absolute atomic E-state index is 12.8. The van der Waals surface area contributed by atoms with Crippen molar-refractivity contribution in [3.8, 4) is 0 Å². The fourth-order valence-corrected chi connectivity index (χ4v) is 10.8. The van der Waals surface area contributed by atoms with Crippen LogP contribution in [0, 0.1) is 56.7 Å². The number of aliphatic carboxylic acids is 1. The van der Waals surface area contributed by atoms with Crippen LogP contribution in [0.2, 0.25) is 0 Å². The van der Waals surface area contributed by atoms with Crippen LogP contribution in [0.15, 0.2) is 11.6 Å². The zero-order valence-corrected chi connectivity index (χ0v) is 22.2. The minimum atomic E-state index is -0.557. The van der Waals surface area contributed by atoms with Gasteiger partial charge < -0.3 is 10.2 Å². The summed E-state index contributed by atoms with van der Waals surface area (Å²) in [6.07, 6.45) is 11.6. The first kappa shape index (κ1) is 23.9. The Balaban J connectivity index is 1.61. The molecule has 0 bridgehead atoms. The third-order valence-corrected chi connectivity index (χ3v) is 13.4. The first-order chi connectivity index (χ1) is 15.3. The summed E-state index contributed by atoms with van der Waals surface area (Å²) in [4.78, 5) is 12.8. The Kier molecular flexibility index (Phi) is 5.15. The number of allylic oxidation sites excluding steroid dienone is 2. The molecule has 3 heteroatoms. The normalized spacial score (nSPS) is 55.3. The van der Waals surface area contributed by atoms with Crippen LogP contribution in [0.25, 0.3) is 0 Å². The molecule has 4 saturated carbocycles. The second-order valence-corrected chi connectivity index (χ2v) is 14.5. The topological polar surface area (TPSA) is 57.5 Å². The molecule has 5 rings (SSSR count). The highest BCUT2D eigenvalue weighted by Crippen LogP contribution is 2.75. The van der Waals surface area contributed by atoms with E-state index in [1.165, 1.54) is 18.4 Å². The highest BCUT2D eigenvalue weighted by atomic mass is 16.4. The third-order valence-electron chi connectivity index (χ3n) is 13.4. The molecule has 2 N–H and O–H groups in total. The monoisotopic (exact) mass is 456 g/mol. The van der Waals surface area contributed by atoms with Crippen LogP contribution in [-0.4, -0.2) is 22.3 Å². The summed E-state index contributed by atoms with van der Waals surface area (Å²) < 4.78 is 0. The highest BCUT2D eigenvalue weighted by Gasteiger charge is 2.69. The molecule has 0 aliphatic heterocycles. The number of carboxylic acid groups (broad SMARTS) is 1. The molecule has 5 aliphatic carbocycles. The summed E-state index contributed by atoms with van der Waals surface area (Å²) in [5.41, 5.74) is 1.46. The Morgan fingerprint density at radius 3 is 2.27 bits per heavy atom. The van der Waals surface area contributed by atoms with Crippen molar-refractivity contribution >= 4 is 5.97 Å². The number of hydrogen-bond donors (Lipinski definition) is 2. The summed E-state index contributed by atoms with van der Waals surface area (Å²) in [5, 5.41) is 21.4. The fraction of sp³-hybridized carbons (Fsp3) is 0.900. The Morgan fingerprint density at radius 1 is 0.909 bits per heavy atom. The number of aliphatic hydroxyl groups is 1. The summed E-state index contributed by atoms with van der Waals surface area (Å²) in [7, 11) is 0. The Hall–Kier alpha value is -0.830. The molecule has 3 nitrogen and oxygen atoms in total. The van der Waals surface area contributed by atoms with Gasteiger partial charge in [-0.3, -0.25) is 4.79 Å². The molecule has 186 valence electrons. The second-order valence-electron chi connectivity index (χ2n) is 14.5. The maximum atomic E-state index is 12.8. The zero-order chi connectivity index (χ0) is 24.2. The van der Waals surface area contributed by atoms with Crippen LogP contribution in [-0.2, 0) is 4.79 Å². The van der Waals surface area contributed by atoms with E-state index in [0.29, 0.717) is 23.7 Å². The fourth-order valence-electron chi connectivity index (χ4n) is 10.8. The molecule has 0 aromatic rings. The van der Waals surface area contributed by atoms with Crippen LogP contribution >= 0.6 is 0 Å². The first-order valence-corrected chi connectivity index (χ1v) is 13.9. The van der Waals surface area contributed by atoms with Gasteiger partial charge >= 0.3 is 5.97 Å². The van der Waals surface area contributed by atoms with Gasteiger partial charge in [0.15, 0.2) is 0 Å². The largest absolute Gasteiger partial charge is 0.481 e. The quantitative estimate of drug-likeness (QED) is 0.414. The molecular formula is C30H48O3. The molecule has 0 unspecified atom stereocenters. The van der Waals surface area contributed by atoms with E-state index in [4.69, 9.17) is 0 Å². The molecule has 0 amide bonds. The number of fused-ring (bicyclic) bond motifs is 7. The number of aliphatic hydroxyl groups excluding tert-OH is 1. The van der Waals surface area contributed by atoms with Crippen LogP contribution in [0.5, 0.6) is 0 Å². The molecule has 0 aromatic heterocycles. The van der Waals surface area contributed by atoms with Gasteiger partial charge in [0.1, 0.15) is 0 Å². The Bertz CT molecular complexity index is 874. The van der Waals surface area contributed by atoms with E-state index in [1.54, 1.807) is 0 Å². The second kappa shape index (κ2) is 7.11. The van der Waals surface area contributed by atoms with Gasteiger partial charge in [0, 0.05) is 0 Å². The SMILES string of the molecule is C[C@H]1[C@H]2C3=CC[C@@H]4[C@@]5(C)CC[C@H](O)C(C)(C)[C@H]5CC[C@@]4(C)[C@]3(C)CC[C@@]2(C(=O)O)CC[C@@H]1C. The Labute approximate surface area is 201 Å². The highest BCUT2D eigenvalue weighted by molar-refractivity contribution is 5.76. The van der Waals surface area contributed by atoms with Gasteiger partial charge in [0.2, 0.25) is 0 Å². The van der Waals surface area contributed by atoms with Crippen LogP contribution < -0.4 is 0 Å². The van der Waals surface area contributed by atoms with Crippen molar-refractivity contribution in [3.05, 3.63) is 11.6 Å². The molecule has 5 aliphatic rings. The van der Waals surface area contributed by atoms with Crippen molar-refractivity contribution in [2.24, 2.45) is 56.7 Å². The molecule has 10 atom stereocenters. The van der Waals surface area contributed by atoms with Gasteiger partial charge in [-0.05, 0) is 109 Å². The molecule has 0 saturated heterocycles. The van der Waals surface area contributed by atoms with Crippen LogP contribution in [0.3, 0.4) is 0 Å². The number of carbonyl (C=O) groups is 1. The number of rotatable bonds is 1. The van der Waals surface area contributed by atoms with E-state index in [0.717, 1.165) is 44.9 Å².